The molecule has 4 heteroatoms. The van der Waals surface area contributed by atoms with E-state index in [1.807, 2.05) is 26.0 Å². The topological polar surface area (TPSA) is 42.1 Å². The molecule has 0 saturated carbocycles. The molecule has 0 atom stereocenters. The molecule has 1 aromatic heterocycles. The van der Waals surface area contributed by atoms with Crippen LogP contribution in [0.25, 0.3) is 10.9 Å². The van der Waals surface area contributed by atoms with E-state index in [9.17, 15) is 4.79 Å². The Morgan fingerprint density at radius 1 is 1.31 bits per heavy atom. The Morgan fingerprint density at radius 2 is 1.94 bits per heavy atom. The molecule has 0 spiro atoms. The average molecular weight is 238 g/mol. The summed E-state index contributed by atoms with van der Waals surface area (Å²) in [7, 11) is 1.34. The fraction of sp³-hybridized carbons (Fsp3) is 0.250. The van der Waals surface area contributed by atoms with Crippen LogP contribution < -0.4 is 0 Å². The Bertz CT molecular complexity index is 572. The van der Waals surface area contributed by atoms with E-state index in [0.29, 0.717) is 10.7 Å². The Kier molecular flexibility index (Phi) is 2.64. The molecule has 0 unspecified atom stereocenters. The van der Waals surface area contributed by atoms with E-state index < -0.39 is 5.97 Å². The second kappa shape index (κ2) is 3.83. The molecule has 0 bridgehead atoms. The van der Waals surface area contributed by atoms with E-state index in [1.165, 1.54) is 7.11 Å². The molecular formula is C12H12ClNO2. The third kappa shape index (κ3) is 1.48. The molecular weight excluding hydrogens is 226 g/mol. The predicted molar refractivity (Wildman–Crippen MR) is 64.1 cm³/mol. The number of fused-ring (bicyclic) bond motifs is 1. The Labute approximate surface area is 98.4 Å². The molecule has 2 rings (SSSR count). The molecule has 0 aliphatic heterocycles. The van der Waals surface area contributed by atoms with E-state index in [2.05, 4.69) is 9.72 Å². The second-order valence-corrected chi connectivity index (χ2v) is 4.13. The van der Waals surface area contributed by atoms with Crippen LogP contribution in [0, 0.1) is 13.8 Å². The van der Waals surface area contributed by atoms with Crippen molar-refractivity contribution in [2.24, 2.45) is 0 Å². The van der Waals surface area contributed by atoms with Crippen molar-refractivity contribution in [3.05, 3.63) is 34.0 Å². The van der Waals surface area contributed by atoms with Crippen molar-refractivity contribution in [1.29, 1.82) is 0 Å². The highest BCUT2D eigenvalue weighted by atomic mass is 35.5. The Hall–Kier alpha value is -1.48. The number of aromatic amines is 1. The van der Waals surface area contributed by atoms with Crippen molar-refractivity contribution in [3.8, 4) is 0 Å². The monoisotopic (exact) mass is 237 g/mol. The number of aromatic nitrogens is 1. The molecule has 0 aliphatic rings. The van der Waals surface area contributed by atoms with Gasteiger partial charge in [-0.25, -0.2) is 4.79 Å². The number of nitrogens with one attached hydrogen (secondary N) is 1. The maximum Gasteiger partial charge on any atom is 0.356 e. The van der Waals surface area contributed by atoms with Crippen LogP contribution in [0.4, 0.5) is 0 Å². The van der Waals surface area contributed by atoms with Crippen molar-refractivity contribution in [3.63, 3.8) is 0 Å². The summed E-state index contributed by atoms with van der Waals surface area (Å²) in [4.78, 5) is 14.5. The summed E-state index contributed by atoms with van der Waals surface area (Å²) in [5.74, 6) is -0.444. The summed E-state index contributed by atoms with van der Waals surface area (Å²) in [6.07, 6.45) is 0. The van der Waals surface area contributed by atoms with Gasteiger partial charge in [0.15, 0.2) is 0 Å². The van der Waals surface area contributed by atoms with E-state index in [1.54, 1.807) is 0 Å². The van der Waals surface area contributed by atoms with Crippen LogP contribution in [-0.2, 0) is 4.74 Å². The van der Waals surface area contributed by atoms with Crippen LogP contribution in [0.5, 0.6) is 0 Å². The molecule has 0 saturated heterocycles. The van der Waals surface area contributed by atoms with Gasteiger partial charge in [0, 0.05) is 5.39 Å². The van der Waals surface area contributed by atoms with Crippen molar-refractivity contribution in [1.82, 2.24) is 4.98 Å². The number of rotatable bonds is 1. The fourth-order valence-electron chi connectivity index (χ4n) is 1.80. The zero-order valence-corrected chi connectivity index (χ0v) is 10.1. The standard InChI is InChI=1S/C12H12ClNO2/c1-6-4-5-7(2)10-8(6)9(13)11(14-10)12(15)16-3/h4-5,14H,1-3H3. The maximum absolute atomic E-state index is 11.5. The Balaban J connectivity index is 2.82. The quantitative estimate of drug-likeness (QED) is 0.774. The summed E-state index contributed by atoms with van der Waals surface area (Å²) in [5, 5.41) is 1.32. The van der Waals surface area contributed by atoms with Crippen LogP contribution in [0.3, 0.4) is 0 Å². The van der Waals surface area contributed by atoms with Gasteiger partial charge in [0.05, 0.1) is 17.6 Å². The third-order valence-corrected chi connectivity index (χ3v) is 3.08. The van der Waals surface area contributed by atoms with Crippen molar-refractivity contribution in [2.45, 2.75) is 13.8 Å². The van der Waals surface area contributed by atoms with Gasteiger partial charge in [-0.1, -0.05) is 23.7 Å². The highest BCUT2D eigenvalue weighted by molar-refractivity contribution is 6.38. The lowest BCUT2D eigenvalue weighted by Crippen LogP contribution is -2.01. The lowest BCUT2D eigenvalue weighted by Gasteiger charge is -1.99. The molecule has 3 nitrogen and oxygen atoms in total. The fourth-order valence-corrected chi connectivity index (χ4v) is 2.17. The molecule has 0 aliphatic carbocycles. The number of carbonyl (C=O) groups excluding carboxylic acids is 1. The number of hydrogen-bond donors (Lipinski definition) is 1. The van der Waals surface area contributed by atoms with Gasteiger partial charge in [-0.05, 0) is 25.0 Å². The Morgan fingerprint density at radius 3 is 2.50 bits per heavy atom. The van der Waals surface area contributed by atoms with Gasteiger partial charge in [-0.2, -0.15) is 0 Å². The van der Waals surface area contributed by atoms with Gasteiger partial charge in [0.25, 0.3) is 0 Å². The van der Waals surface area contributed by atoms with Crippen LogP contribution in [0.2, 0.25) is 5.02 Å². The van der Waals surface area contributed by atoms with Gasteiger partial charge in [-0.15, -0.1) is 0 Å². The number of methoxy groups -OCH3 is 1. The summed E-state index contributed by atoms with van der Waals surface area (Å²) < 4.78 is 4.67. The van der Waals surface area contributed by atoms with Crippen LogP contribution >= 0.6 is 11.6 Å². The zero-order chi connectivity index (χ0) is 11.9. The first-order valence-corrected chi connectivity index (χ1v) is 5.29. The summed E-state index contributed by atoms with van der Waals surface area (Å²) >= 11 is 6.18. The van der Waals surface area contributed by atoms with Gasteiger partial charge in [0.1, 0.15) is 5.69 Å². The lowest BCUT2D eigenvalue weighted by molar-refractivity contribution is 0.0595. The molecule has 1 aromatic carbocycles. The van der Waals surface area contributed by atoms with E-state index in [-0.39, 0.29) is 0 Å². The van der Waals surface area contributed by atoms with E-state index in [4.69, 9.17) is 11.6 Å². The minimum Gasteiger partial charge on any atom is -0.464 e. The van der Waals surface area contributed by atoms with E-state index in [0.717, 1.165) is 22.0 Å². The van der Waals surface area contributed by atoms with Crippen LogP contribution in [0.1, 0.15) is 21.6 Å². The largest absolute Gasteiger partial charge is 0.464 e. The number of aryl methyl sites for hydroxylation is 2. The minimum atomic E-state index is -0.444. The number of H-pyrrole nitrogens is 1. The lowest BCUT2D eigenvalue weighted by atomic mass is 10.1. The number of halogens is 1. The summed E-state index contributed by atoms with van der Waals surface area (Å²) in [5.41, 5.74) is 3.30. The highest BCUT2D eigenvalue weighted by Gasteiger charge is 2.18. The summed E-state index contributed by atoms with van der Waals surface area (Å²) in [6, 6.07) is 3.98. The molecule has 1 N–H and O–H groups in total. The predicted octanol–water partition coefficient (Wildman–Crippen LogP) is 3.22. The molecule has 0 amide bonds. The summed E-state index contributed by atoms with van der Waals surface area (Å²) in [6.45, 7) is 3.93. The molecule has 2 aromatic rings. The molecule has 1 heterocycles. The first-order valence-electron chi connectivity index (χ1n) is 4.92. The zero-order valence-electron chi connectivity index (χ0n) is 9.35. The number of esters is 1. The third-order valence-electron chi connectivity index (χ3n) is 2.70. The molecule has 0 radical (unpaired) electrons. The van der Waals surface area contributed by atoms with Gasteiger partial charge < -0.3 is 9.72 Å². The second-order valence-electron chi connectivity index (χ2n) is 3.75. The number of carbonyl (C=O) groups is 1. The average Bonchev–Trinajstić information content (AvgIpc) is 2.62. The van der Waals surface area contributed by atoms with Crippen molar-refractivity contribution < 1.29 is 9.53 Å². The number of hydrogen-bond acceptors (Lipinski definition) is 2. The van der Waals surface area contributed by atoms with Crippen LogP contribution in [-0.4, -0.2) is 18.1 Å². The van der Waals surface area contributed by atoms with Gasteiger partial charge in [-0.3, -0.25) is 0 Å². The van der Waals surface area contributed by atoms with Gasteiger partial charge >= 0.3 is 5.97 Å². The SMILES string of the molecule is COC(=O)c1[nH]c2c(C)ccc(C)c2c1Cl. The van der Waals surface area contributed by atoms with E-state index >= 15 is 0 Å². The van der Waals surface area contributed by atoms with Gasteiger partial charge in [0.2, 0.25) is 0 Å². The molecule has 84 valence electrons. The van der Waals surface area contributed by atoms with Crippen molar-refractivity contribution >= 4 is 28.5 Å². The first-order chi connectivity index (χ1) is 7.56. The first kappa shape index (κ1) is 11.0. The van der Waals surface area contributed by atoms with Crippen LogP contribution in [0.15, 0.2) is 12.1 Å². The number of benzene rings is 1. The van der Waals surface area contributed by atoms with Crippen molar-refractivity contribution in [2.75, 3.05) is 7.11 Å². The maximum atomic E-state index is 11.5. The minimum absolute atomic E-state index is 0.316. The number of ether oxygens (including phenoxy) is 1. The smallest absolute Gasteiger partial charge is 0.356 e. The highest BCUT2D eigenvalue weighted by Crippen LogP contribution is 2.32. The molecule has 0 fully saturated rings. The molecule has 16 heavy (non-hydrogen) atoms. The normalized spacial score (nSPS) is 10.8.